The van der Waals surface area contributed by atoms with Gasteiger partial charge in [0.1, 0.15) is 0 Å². The van der Waals surface area contributed by atoms with Gasteiger partial charge in [-0.3, -0.25) is 9.59 Å². The number of carbonyl (C=O) groups is 2. The van der Waals surface area contributed by atoms with Crippen molar-refractivity contribution in [2.45, 2.75) is 40.0 Å². The largest absolute Gasteiger partial charge is 0.481 e. The zero-order chi connectivity index (χ0) is 12.5. The summed E-state index contributed by atoms with van der Waals surface area (Å²) in [7, 11) is 0. The van der Waals surface area contributed by atoms with E-state index < -0.39 is 23.8 Å². The molecule has 0 aliphatic heterocycles. The van der Waals surface area contributed by atoms with Crippen LogP contribution in [0.15, 0.2) is 0 Å². The van der Waals surface area contributed by atoms with Gasteiger partial charge in [-0.25, -0.2) is 0 Å². The van der Waals surface area contributed by atoms with Crippen molar-refractivity contribution in [2.24, 2.45) is 23.2 Å². The lowest BCUT2D eigenvalue weighted by Gasteiger charge is -2.38. The Morgan fingerprint density at radius 1 is 1.00 bits per heavy atom. The molecule has 1 saturated carbocycles. The average molecular weight is 258 g/mol. The maximum atomic E-state index is 11.1. The van der Waals surface area contributed by atoms with E-state index in [1.54, 1.807) is 0 Å². The fourth-order valence-corrected chi connectivity index (χ4v) is 2.53. The molecule has 0 amide bonds. The topological polar surface area (TPSA) is 74.6 Å². The number of carboxylic acid groups (broad SMARTS) is 2. The summed E-state index contributed by atoms with van der Waals surface area (Å²) < 4.78 is 0. The fraction of sp³-hybridized carbons (Fsp3) is 0.833. The number of carboxylic acids is 2. The molecule has 4 nitrogen and oxygen atoms in total. The molecular weight excluding hydrogens is 235 g/mol. The molecule has 0 aromatic rings. The zero-order valence-corrected chi connectivity index (χ0v) is 10.1. The zero-order valence-electron chi connectivity index (χ0n) is 10.1. The molecule has 3 unspecified atom stereocenters. The van der Waals surface area contributed by atoms with E-state index in [-0.39, 0.29) is 22.8 Å². The molecule has 0 aromatic carbocycles. The lowest BCUT2D eigenvalue weighted by Crippen LogP contribution is -2.39. The third-order valence-corrected chi connectivity index (χ3v) is 3.71. The van der Waals surface area contributed by atoms with Crippen LogP contribution in [0.2, 0.25) is 0 Å². The molecule has 0 bridgehead atoms. The molecule has 1 rings (SSSR count). The molecule has 0 spiro atoms. The van der Waals surface area contributed by atoms with Crippen LogP contribution < -0.4 is 0 Å². The Bertz CT molecular complexity index is 295. The highest BCUT2D eigenvalue weighted by Crippen LogP contribution is 2.42. The third kappa shape index (κ3) is 4.01. The average Bonchev–Trinajstić information content (AvgIpc) is 2.15. The predicted octanol–water partition coefficient (Wildman–Crippen LogP) is 1.05. The van der Waals surface area contributed by atoms with Crippen molar-refractivity contribution >= 4 is 29.3 Å². The Balaban J connectivity index is 0.00000256. The standard InChI is InChI=1S/C12H20O4.Al.3H/c1-12(2,3)7-4-5-8(10(13)14)9(6-7)11(15)16;;;;/h7-9H,4-6H2,1-3H3,(H,13,14)(H,15,16);;;;. The normalized spacial score (nSPS) is 29.2. The van der Waals surface area contributed by atoms with Gasteiger partial charge in [-0.2, -0.15) is 0 Å². The van der Waals surface area contributed by atoms with Gasteiger partial charge in [0.2, 0.25) is 0 Å². The van der Waals surface area contributed by atoms with Crippen molar-refractivity contribution < 1.29 is 19.8 Å². The second-order valence-corrected chi connectivity index (χ2v) is 5.77. The molecule has 0 radical (unpaired) electrons. The minimum Gasteiger partial charge on any atom is -0.481 e. The minimum atomic E-state index is -0.972. The number of rotatable bonds is 2. The summed E-state index contributed by atoms with van der Waals surface area (Å²) in [5.74, 6) is -3.09. The Morgan fingerprint density at radius 2 is 1.47 bits per heavy atom. The van der Waals surface area contributed by atoms with Crippen LogP contribution in [-0.2, 0) is 9.59 Å². The van der Waals surface area contributed by atoms with Crippen LogP contribution in [-0.4, -0.2) is 39.5 Å². The van der Waals surface area contributed by atoms with Crippen LogP contribution in [0.1, 0.15) is 40.0 Å². The van der Waals surface area contributed by atoms with E-state index in [0.29, 0.717) is 18.8 Å². The molecular formula is C12H23AlO4. The Labute approximate surface area is 113 Å². The molecule has 0 heterocycles. The minimum absolute atomic E-state index is 0. The molecule has 98 valence electrons. The quantitative estimate of drug-likeness (QED) is 0.726. The van der Waals surface area contributed by atoms with E-state index in [2.05, 4.69) is 20.8 Å². The molecule has 5 heteroatoms. The SMILES string of the molecule is CC(C)(C)C1CCC(C(=O)O)C(C(=O)O)C1.[AlH3]. The van der Waals surface area contributed by atoms with E-state index in [9.17, 15) is 9.59 Å². The van der Waals surface area contributed by atoms with Crippen LogP contribution in [0.4, 0.5) is 0 Å². The summed E-state index contributed by atoms with van der Waals surface area (Å²) in [5, 5.41) is 18.1. The highest BCUT2D eigenvalue weighted by Gasteiger charge is 2.42. The predicted molar refractivity (Wildman–Crippen MR) is 69.0 cm³/mol. The van der Waals surface area contributed by atoms with Gasteiger partial charge < -0.3 is 10.2 Å². The summed E-state index contributed by atoms with van der Waals surface area (Å²) in [6.07, 6.45) is 1.77. The van der Waals surface area contributed by atoms with Crippen molar-refractivity contribution in [3.63, 3.8) is 0 Å². The lowest BCUT2D eigenvalue weighted by molar-refractivity contribution is -0.157. The van der Waals surface area contributed by atoms with Gasteiger partial charge in [-0.15, -0.1) is 0 Å². The van der Waals surface area contributed by atoms with Crippen LogP contribution in [0.5, 0.6) is 0 Å². The first-order valence-electron chi connectivity index (χ1n) is 5.69. The van der Waals surface area contributed by atoms with E-state index in [4.69, 9.17) is 10.2 Å². The Morgan fingerprint density at radius 3 is 1.82 bits per heavy atom. The molecule has 0 aromatic heterocycles. The van der Waals surface area contributed by atoms with Crippen molar-refractivity contribution in [3.8, 4) is 0 Å². The van der Waals surface area contributed by atoms with Gasteiger partial charge >= 0.3 is 11.9 Å². The van der Waals surface area contributed by atoms with Gasteiger partial charge in [0, 0.05) is 0 Å². The summed E-state index contributed by atoms with van der Waals surface area (Å²) >= 11 is 0. The van der Waals surface area contributed by atoms with Crippen LogP contribution >= 0.6 is 0 Å². The van der Waals surface area contributed by atoms with E-state index in [1.165, 1.54) is 0 Å². The second-order valence-electron chi connectivity index (χ2n) is 5.77. The van der Waals surface area contributed by atoms with Crippen molar-refractivity contribution in [3.05, 3.63) is 0 Å². The molecule has 3 atom stereocenters. The summed E-state index contributed by atoms with van der Waals surface area (Å²) in [4.78, 5) is 22.0. The second kappa shape index (κ2) is 5.88. The molecule has 2 N–H and O–H groups in total. The number of aliphatic carboxylic acids is 2. The van der Waals surface area contributed by atoms with Crippen LogP contribution in [0.3, 0.4) is 0 Å². The highest BCUT2D eigenvalue weighted by atomic mass is 27.0. The first kappa shape index (κ1) is 16.5. The van der Waals surface area contributed by atoms with Crippen molar-refractivity contribution in [2.75, 3.05) is 0 Å². The number of hydrogen-bond donors (Lipinski definition) is 2. The van der Waals surface area contributed by atoms with Crippen molar-refractivity contribution in [1.82, 2.24) is 0 Å². The molecule has 1 aliphatic rings. The lowest BCUT2D eigenvalue weighted by atomic mass is 9.65. The maximum absolute atomic E-state index is 11.1. The monoisotopic (exact) mass is 258 g/mol. The van der Waals surface area contributed by atoms with E-state index >= 15 is 0 Å². The van der Waals surface area contributed by atoms with Gasteiger partial charge in [-0.1, -0.05) is 20.8 Å². The van der Waals surface area contributed by atoms with Gasteiger partial charge in [0.05, 0.1) is 11.8 Å². The Kier molecular flexibility index (Phi) is 5.70. The summed E-state index contributed by atoms with van der Waals surface area (Å²) in [6.45, 7) is 6.24. The van der Waals surface area contributed by atoms with Gasteiger partial charge in [0.15, 0.2) is 17.4 Å². The highest BCUT2D eigenvalue weighted by molar-refractivity contribution is 5.80. The van der Waals surface area contributed by atoms with E-state index in [1.807, 2.05) is 0 Å². The molecule has 1 aliphatic carbocycles. The van der Waals surface area contributed by atoms with Crippen LogP contribution in [0, 0.1) is 23.2 Å². The third-order valence-electron chi connectivity index (χ3n) is 3.71. The first-order valence-corrected chi connectivity index (χ1v) is 5.69. The first-order chi connectivity index (χ1) is 7.23. The molecule has 17 heavy (non-hydrogen) atoms. The summed E-state index contributed by atoms with van der Waals surface area (Å²) in [5.41, 5.74) is 0.0528. The summed E-state index contributed by atoms with van der Waals surface area (Å²) in [6, 6.07) is 0. The number of hydrogen-bond acceptors (Lipinski definition) is 2. The van der Waals surface area contributed by atoms with Gasteiger partial charge in [-0.05, 0) is 30.6 Å². The molecule has 1 fully saturated rings. The van der Waals surface area contributed by atoms with Gasteiger partial charge in [0.25, 0.3) is 0 Å². The Hall–Kier alpha value is -0.528. The maximum Gasteiger partial charge on any atom is 0.307 e. The van der Waals surface area contributed by atoms with E-state index in [0.717, 1.165) is 6.42 Å². The van der Waals surface area contributed by atoms with Crippen LogP contribution in [0.25, 0.3) is 0 Å². The molecule has 0 saturated heterocycles. The fourth-order valence-electron chi connectivity index (χ4n) is 2.53. The van der Waals surface area contributed by atoms with Crippen molar-refractivity contribution in [1.29, 1.82) is 0 Å². The smallest absolute Gasteiger partial charge is 0.307 e.